The van der Waals surface area contributed by atoms with Crippen LogP contribution in [0.4, 0.5) is 14.6 Å². The number of anilines is 1. The van der Waals surface area contributed by atoms with Gasteiger partial charge in [-0.2, -0.15) is 0 Å². The molecule has 1 fully saturated rings. The first kappa shape index (κ1) is 23.1. The average molecular weight is 457 g/mol. The molecule has 0 saturated carbocycles. The molecule has 33 heavy (non-hydrogen) atoms. The Morgan fingerprint density at radius 1 is 1.12 bits per heavy atom. The van der Waals surface area contributed by atoms with Gasteiger partial charge in [0.1, 0.15) is 12.0 Å². The Hall–Kier alpha value is -3.07. The average Bonchev–Trinajstić information content (AvgIpc) is 3.45. The fourth-order valence-corrected chi connectivity index (χ4v) is 3.99. The van der Waals surface area contributed by atoms with E-state index in [1.54, 1.807) is 22.8 Å². The Balaban J connectivity index is 1.37. The number of unbranched alkanes of at least 4 members (excludes halogenated alkanes) is 3. The van der Waals surface area contributed by atoms with Crippen molar-refractivity contribution >= 4 is 17.4 Å². The number of imidazole rings is 1. The molecular weight excluding hydrogens is 426 g/mol. The van der Waals surface area contributed by atoms with E-state index in [1.807, 2.05) is 24.3 Å². The number of hydrogen-bond acceptors (Lipinski definition) is 5. The molecule has 3 heterocycles. The summed E-state index contributed by atoms with van der Waals surface area (Å²) in [6.07, 6.45) is 4.83. The summed E-state index contributed by atoms with van der Waals surface area (Å²) in [5.74, 6) is 0.569. The molecule has 0 unspecified atom stereocenters. The van der Waals surface area contributed by atoms with E-state index in [2.05, 4.69) is 26.0 Å². The van der Waals surface area contributed by atoms with E-state index in [0.29, 0.717) is 31.5 Å². The van der Waals surface area contributed by atoms with Crippen LogP contribution in [0.5, 0.6) is 0 Å². The zero-order valence-electron chi connectivity index (χ0n) is 18.6. The molecule has 3 N–H and O–H groups in total. The van der Waals surface area contributed by atoms with Gasteiger partial charge in [-0.25, -0.2) is 13.9 Å². The molecule has 4 rings (SSSR count). The van der Waals surface area contributed by atoms with E-state index in [0.717, 1.165) is 48.5 Å². The molecule has 0 bridgehead atoms. The Kier molecular flexibility index (Phi) is 7.83. The summed E-state index contributed by atoms with van der Waals surface area (Å²) >= 11 is 0. The third-order valence-electron chi connectivity index (χ3n) is 5.85. The second-order valence-electron chi connectivity index (χ2n) is 8.39. The van der Waals surface area contributed by atoms with Crippen LogP contribution in [0.15, 0.2) is 42.6 Å². The topological polar surface area (TPSA) is 83.3 Å². The van der Waals surface area contributed by atoms with Crippen molar-refractivity contribution in [1.82, 2.24) is 25.2 Å². The molecule has 1 amide bonds. The smallest absolute Gasteiger partial charge is 0.251 e. The van der Waals surface area contributed by atoms with Gasteiger partial charge in [-0.15, -0.1) is 5.10 Å². The maximum atomic E-state index is 13.3. The summed E-state index contributed by atoms with van der Waals surface area (Å²) in [5, 5.41) is 13.9. The second-order valence-corrected chi connectivity index (χ2v) is 8.39. The van der Waals surface area contributed by atoms with Gasteiger partial charge in [-0.3, -0.25) is 9.18 Å². The molecular formula is C24H30F2N6O. The molecule has 176 valence electrons. The van der Waals surface area contributed by atoms with E-state index >= 15 is 0 Å². The normalized spacial score (nSPS) is 18.0. The first-order valence-electron chi connectivity index (χ1n) is 11.5. The largest absolute Gasteiger partial charge is 0.369 e. The molecule has 2 aromatic heterocycles. The number of nitrogens with zero attached hydrogens (tertiary/aromatic N) is 3. The van der Waals surface area contributed by atoms with E-state index in [4.69, 9.17) is 0 Å². The highest BCUT2D eigenvalue weighted by atomic mass is 19.1. The number of rotatable bonds is 11. The van der Waals surface area contributed by atoms with Gasteiger partial charge in [0.15, 0.2) is 5.65 Å². The van der Waals surface area contributed by atoms with Crippen LogP contribution in [0.1, 0.15) is 42.5 Å². The SMILES string of the molecule is O=C(NC[C@@H]1C[C@@H](F)CN1)c1ccc(-c2cnc3ccc(NCCCCCCF)nn23)cc1. The first-order valence-corrected chi connectivity index (χ1v) is 11.5. The third kappa shape index (κ3) is 6.04. The van der Waals surface area contributed by atoms with Gasteiger partial charge >= 0.3 is 0 Å². The van der Waals surface area contributed by atoms with Crippen molar-refractivity contribution in [2.24, 2.45) is 0 Å². The van der Waals surface area contributed by atoms with E-state index in [-0.39, 0.29) is 18.6 Å². The summed E-state index contributed by atoms with van der Waals surface area (Å²) < 4.78 is 27.2. The standard InChI is InChI=1S/C24H30F2N6O/c25-11-3-1-2-4-12-27-22-9-10-23-29-16-21(32(23)31-22)17-5-7-18(8-6-17)24(33)30-15-20-13-19(26)14-28-20/h5-10,16,19-20,28H,1-4,11-15H2,(H,27,31)(H,30,33)/t19-,20+/m1/s1. The third-order valence-corrected chi connectivity index (χ3v) is 5.85. The van der Waals surface area contributed by atoms with Gasteiger partial charge in [0.05, 0.1) is 18.6 Å². The predicted octanol–water partition coefficient (Wildman–Crippen LogP) is 3.77. The van der Waals surface area contributed by atoms with E-state index in [1.165, 1.54) is 0 Å². The van der Waals surface area contributed by atoms with Gasteiger partial charge in [-0.1, -0.05) is 25.0 Å². The molecule has 3 aromatic rings. The monoisotopic (exact) mass is 456 g/mol. The fourth-order valence-electron chi connectivity index (χ4n) is 3.99. The summed E-state index contributed by atoms with van der Waals surface area (Å²) in [4.78, 5) is 16.9. The molecule has 1 saturated heterocycles. The lowest BCUT2D eigenvalue weighted by molar-refractivity contribution is 0.0950. The maximum Gasteiger partial charge on any atom is 0.251 e. The van der Waals surface area contributed by atoms with Gasteiger partial charge in [0, 0.05) is 36.8 Å². The number of amides is 1. The maximum absolute atomic E-state index is 13.3. The van der Waals surface area contributed by atoms with Gasteiger partial charge in [0.2, 0.25) is 0 Å². The van der Waals surface area contributed by atoms with E-state index < -0.39 is 6.17 Å². The highest BCUT2D eigenvalue weighted by Gasteiger charge is 2.23. The van der Waals surface area contributed by atoms with Crippen molar-refractivity contribution in [3.05, 3.63) is 48.2 Å². The van der Waals surface area contributed by atoms with E-state index in [9.17, 15) is 13.6 Å². The van der Waals surface area contributed by atoms with Crippen LogP contribution in [-0.4, -0.2) is 59.0 Å². The van der Waals surface area contributed by atoms with Crippen LogP contribution in [0.2, 0.25) is 0 Å². The quantitative estimate of drug-likeness (QED) is 0.383. The fraction of sp³-hybridized carbons (Fsp3) is 0.458. The molecule has 1 aliphatic rings. The number of carbonyl (C=O) groups is 1. The number of fused-ring (bicyclic) bond motifs is 1. The molecule has 0 radical (unpaired) electrons. The number of nitrogens with one attached hydrogen (secondary N) is 3. The van der Waals surface area contributed by atoms with Gasteiger partial charge in [0.25, 0.3) is 5.91 Å². The lowest BCUT2D eigenvalue weighted by atomic mass is 10.1. The highest BCUT2D eigenvalue weighted by molar-refractivity contribution is 5.94. The van der Waals surface area contributed by atoms with Crippen LogP contribution < -0.4 is 16.0 Å². The van der Waals surface area contributed by atoms with Crippen molar-refractivity contribution in [2.75, 3.05) is 31.6 Å². The zero-order valence-corrected chi connectivity index (χ0v) is 18.6. The van der Waals surface area contributed by atoms with Crippen molar-refractivity contribution in [3.63, 3.8) is 0 Å². The molecule has 1 aromatic carbocycles. The summed E-state index contributed by atoms with van der Waals surface area (Å²) in [6, 6.07) is 11.1. The zero-order chi connectivity index (χ0) is 23.0. The number of benzene rings is 1. The molecule has 9 heteroatoms. The number of alkyl halides is 2. The minimum absolute atomic E-state index is 0.0228. The predicted molar refractivity (Wildman–Crippen MR) is 125 cm³/mol. The Morgan fingerprint density at radius 2 is 1.94 bits per heavy atom. The number of aromatic nitrogens is 3. The van der Waals surface area contributed by atoms with Gasteiger partial charge in [-0.05, 0) is 43.5 Å². The first-order chi connectivity index (χ1) is 16.1. The molecule has 0 spiro atoms. The van der Waals surface area contributed by atoms with Crippen LogP contribution in [0, 0.1) is 0 Å². The van der Waals surface area contributed by atoms with Gasteiger partial charge < -0.3 is 16.0 Å². The van der Waals surface area contributed by atoms with Crippen molar-refractivity contribution in [2.45, 2.75) is 44.3 Å². The molecule has 1 aliphatic heterocycles. The van der Waals surface area contributed by atoms with Crippen molar-refractivity contribution in [1.29, 1.82) is 0 Å². The minimum Gasteiger partial charge on any atom is -0.369 e. The summed E-state index contributed by atoms with van der Waals surface area (Å²) in [7, 11) is 0. The van der Waals surface area contributed by atoms with Crippen molar-refractivity contribution < 1.29 is 13.6 Å². The van der Waals surface area contributed by atoms with Crippen molar-refractivity contribution in [3.8, 4) is 11.3 Å². The van der Waals surface area contributed by atoms with Crippen LogP contribution >= 0.6 is 0 Å². The Labute approximate surface area is 192 Å². The number of carbonyl (C=O) groups excluding carboxylic acids is 1. The molecule has 7 nitrogen and oxygen atoms in total. The lowest BCUT2D eigenvalue weighted by Gasteiger charge is -2.11. The Bertz CT molecular complexity index is 1050. The summed E-state index contributed by atoms with van der Waals surface area (Å²) in [6.45, 7) is 1.28. The molecule has 0 aliphatic carbocycles. The highest BCUT2D eigenvalue weighted by Crippen LogP contribution is 2.21. The van der Waals surface area contributed by atoms with Crippen LogP contribution in [0.3, 0.4) is 0 Å². The minimum atomic E-state index is -0.839. The molecule has 2 atom stereocenters. The Morgan fingerprint density at radius 3 is 2.70 bits per heavy atom. The van der Waals surface area contributed by atoms with Crippen LogP contribution in [0.25, 0.3) is 16.9 Å². The lowest BCUT2D eigenvalue weighted by Crippen LogP contribution is -2.37. The number of hydrogen-bond donors (Lipinski definition) is 3. The summed E-state index contributed by atoms with van der Waals surface area (Å²) in [5.41, 5.74) is 3.00. The second kappa shape index (κ2) is 11.2. The van der Waals surface area contributed by atoms with Crippen LogP contribution in [-0.2, 0) is 0 Å². The number of halogens is 2.